The Morgan fingerprint density at radius 1 is 1.50 bits per heavy atom. The van der Waals surface area contributed by atoms with Crippen molar-refractivity contribution in [1.29, 1.82) is 0 Å². The first-order valence-corrected chi connectivity index (χ1v) is 8.95. The van der Waals surface area contributed by atoms with Crippen LogP contribution in [0, 0.1) is 0 Å². The van der Waals surface area contributed by atoms with E-state index in [0.29, 0.717) is 12.1 Å². The van der Waals surface area contributed by atoms with Crippen LogP contribution in [0.1, 0.15) is 50.8 Å². The maximum Gasteiger partial charge on any atom is 0.0715 e. The van der Waals surface area contributed by atoms with Gasteiger partial charge in [-0.3, -0.25) is 4.98 Å². The fraction of sp³-hybridized carbons (Fsp3) is 0.667. The normalized spacial score (nSPS) is 20.2. The highest BCUT2D eigenvalue weighted by atomic mass is 79.9. The maximum absolute atomic E-state index is 5.73. The van der Waals surface area contributed by atoms with Crippen molar-refractivity contribution < 1.29 is 4.74 Å². The summed E-state index contributed by atoms with van der Waals surface area (Å²) < 4.78 is 7.79. The zero-order chi connectivity index (χ0) is 14.4. The lowest BCUT2D eigenvalue weighted by Crippen LogP contribution is -2.24. The van der Waals surface area contributed by atoms with Crippen molar-refractivity contribution in [2.75, 3.05) is 13.2 Å². The second kappa shape index (κ2) is 8.47. The Hall–Kier alpha value is 0.0300. The molecular formula is C15H22Br2N2O. The summed E-state index contributed by atoms with van der Waals surface area (Å²) in [4.78, 5) is 4.58. The van der Waals surface area contributed by atoms with Crippen LogP contribution in [-0.4, -0.2) is 24.2 Å². The third kappa shape index (κ3) is 4.79. The fourth-order valence-corrected chi connectivity index (χ4v) is 3.82. The Balaban J connectivity index is 2.01. The van der Waals surface area contributed by atoms with Gasteiger partial charge in [-0.25, -0.2) is 0 Å². The number of aromatic nitrogens is 1. The Morgan fingerprint density at radius 3 is 3.00 bits per heavy atom. The molecule has 3 nitrogen and oxygen atoms in total. The Kier molecular flexibility index (Phi) is 6.94. The van der Waals surface area contributed by atoms with Gasteiger partial charge in [-0.2, -0.15) is 0 Å². The number of ether oxygens (including phenoxy) is 1. The molecule has 1 saturated heterocycles. The van der Waals surface area contributed by atoms with Gasteiger partial charge >= 0.3 is 0 Å². The molecule has 0 bridgehead atoms. The largest absolute Gasteiger partial charge is 0.378 e. The van der Waals surface area contributed by atoms with Crippen LogP contribution in [0.15, 0.2) is 21.2 Å². The molecule has 0 amide bonds. The van der Waals surface area contributed by atoms with Crippen molar-refractivity contribution >= 4 is 31.9 Å². The molecule has 0 aromatic carbocycles. The van der Waals surface area contributed by atoms with E-state index < -0.39 is 0 Å². The van der Waals surface area contributed by atoms with Crippen molar-refractivity contribution in [3.63, 3.8) is 0 Å². The highest BCUT2D eigenvalue weighted by molar-refractivity contribution is 9.11. The van der Waals surface area contributed by atoms with E-state index >= 15 is 0 Å². The number of nitrogens with one attached hydrogen (secondary N) is 1. The van der Waals surface area contributed by atoms with Gasteiger partial charge in [-0.05, 0) is 76.6 Å². The summed E-state index contributed by atoms with van der Waals surface area (Å²) >= 11 is 7.09. The molecule has 1 aliphatic heterocycles. The predicted molar refractivity (Wildman–Crippen MR) is 88.9 cm³/mol. The second-order valence-corrected chi connectivity index (χ2v) is 7.01. The Bertz CT molecular complexity index is 422. The first kappa shape index (κ1) is 16.4. The van der Waals surface area contributed by atoms with Crippen LogP contribution < -0.4 is 5.32 Å². The van der Waals surface area contributed by atoms with Gasteiger partial charge in [0.2, 0.25) is 0 Å². The van der Waals surface area contributed by atoms with E-state index in [1.165, 1.54) is 12.8 Å². The molecule has 2 heterocycles. The van der Waals surface area contributed by atoms with Crippen LogP contribution >= 0.6 is 31.9 Å². The molecule has 1 fully saturated rings. The second-order valence-electron chi connectivity index (χ2n) is 5.24. The topological polar surface area (TPSA) is 34.1 Å². The van der Waals surface area contributed by atoms with E-state index in [1.54, 1.807) is 0 Å². The average molecular weight is 406 g/mol. The van der Waals surface area contributed by atoms with Gasteiger partial charge in [0.15, 0.2) is 0 Å². The fourth-order valence-electron chi connectivity index (χ4n) is 2.56. The average Bonchev–Trinajstić information content (AvgIpc) is 2.93. The smallest absolute Gasteiger partial charge is 0.0715 e. The van der Waals surface area contributed by atoms with Crippen molar-refractivity contribution in [3.05, 3.63) is 26.9 Å². The third-order valence-electron chi connectivity index (χ3n) is 3.61. The summed E-state index contributed by atoms with van der Waals surface area (Å²) in [6.45, 7) is 4.13. The van der Waals surface area contributed by atoms with Crippen LogP contribution in [0.4, 0.5) is 0 Å². The van der Waals surface area contributed by atoms with E-state index in [2.05, 4.69) is 55.2 Å². The Labute approximate surface area is 138 Å². The minimum Gasteiger partial charge on any atom is -0.378 e. The van der Waals surface area contributed by atoms with Gasteiger partial charge in [-0.15, -0.1) is 0 Å². The summed E-state index contributed by atoms with van der Waals surface area (Å²) in [6, 6.07) is 2.36. The standard InChI is InChI=1S/C15H22Br2N2O/c1-2-7-18-14(6-5-12-4-3-8-20-12)15-13(17)9-11(16)10-19-15/h9-10,12,14,18H,2-8H2,1H3. The lowest BCUT2D eigenvalue weighted by Gasteiger charge is -2.21. The van der Waals surface area contributed by atoms with E-state index in [9.17, 15) is 0 Å². The molecule has 0 spiro atoms. The van der Waals surface area contributed by atoms with Crippen LogP contribution in [0.3, 0.4) is 0 Å². The Morgan fingerprint density at radius 2 is 2.35 bits per heavy atom. The number of pyridine rings is 1. The molecule has 2 atom stereocenters. The molecule has 0 radical (unpaired) electrons. The summed E-state index contributed by atoms with van der Waals surface area (Å²) in [7, 11) is 0. The van der Waals surface area contributed by atoms with Crippen molar-refractivity contribution in [1.82, 2.24) is 10.3 Å². The number of nitrogens with zero attached hydrogens (tertiary/aromatic N) is 1. The zero-order valence-corrected chi connectivity index (χ0v) is 15.0. The third-order valence-corrected chi connectivity index (χ3v) is 4.68. The molecular weight excluding hydrogens is 384 g/mol. The molecule has 2 rings (SSSR count). The SMILES string of the molecule is CCCNC(CCC1CCCO1)c1ncc(Br)cc1Br. The van der Waals surface area contributed by atoms with E-state index in [1.807, 2.05) is 6.20 Å². The van der Waals surface area contributed by atoms with Gasteiger partial charge in [0.05, 0.1) is 17.8 Å². The summed E-state index contributed by atoms with van der Waals surface area (Å²) in [5, 5.41) is 3.61. The number of halogens is 2. The highest BCUT2D eigenvalue weighted by Crippen LogP contribution is 2.29. The van der Waals surface area contributed by atoms with Gasteiger partial charge in [0.25, 0.3) is 0 Å². The summed E-state index contributed by atoms with van der Waals surface area (Å²) in [5.74, 6) is 0. The van der Waals surface area contributed by atoms with E-state index in [-0.39, 0.29) is 0 Å². The molecule has 0 aliphatic carbocycles. The molecule has 1 aromatic heterocycles. The van der Waals surface area contributed by atoms with Crippen molar-refractivity contribution in [3.8, 4) is 0 Å². The maximum atomic E-state index is 5.73. The predicted octanol–water partition coefficient (Wildman–Crippen LogP) is 4.61. The monoisotopic (exact) mass is 404 g/mol. The molecule has 1 aliphatic rings. The quantitative estimate of drug-likeness (QED) is 0.719. The van der Waals surface area contributed by atoms with Crippen LogP contribution in [0.5, 0.6) is 0 Å². The molecule has 0 saturated carbocycles. The summed E-state index contributed by atoms with van der Waals surface area (Å²) in [5.41, 5.74) is 1.10. The molecule has 2 unspecified atom stereocenters. The minimum absolute atomic E-state index is 0.293. The zero-order valence-electron chi connectivity index (χ0n) is 11.9. The van der Waals surface area contributed by atoms with Crippen LogP contribution in [-0.2, 0) is 4.74 Å². The molecule has 1 aromatic rings. The van der Waals surface area contributed by atoms with Gasteiger partial charge in [0, 0.05) is 21.7 Å². The number of rotatable bonds is 7. The minimum atomic E-state index is 0.293. The first-order valence-electron chi connectivity index (χ1n) is 7.36. The van der Waals surface area contributed by atoms with Gasteiger partial charge in [-0.1, -0.05) is 6.92 Å². The number of hydrogen-bond donors (Lipinski definition) is 1. The highest BCUT2D eigenvalue weighted by Gasteiger charge is 2.20. The first-order chi connectivity index (χ1) is 9.70. The number of hydrogen-bond acceptors (Lipinski definition) is 3. The van der Waals surface area contributed by atoms with Crippen molar-refractivity contribution in [2.45, 2.75) is 51.2 Å². The van der Waals surface area contributed by atoms with E-state index in [0.717, 1.165) is 47.1 Å². The summed E-state index contributed by atoms with van der Waals surface area (Å²) in [6.07, 6.45) is 8.02. The molecule has 112 valence electrons. The molecule has 5 heteroatoms. The van der Waals surface area contributed by atoms with E-state index in [4.69, 9.17) is 4.74 Å². The van der Waals surface area contributed by atoms with Gasteiger partial charge in [0.1, 0.15) is 0 Å². The lowest BCUT2D eigenvalue weighted by molar-refractivity contribution is 0.0994. The molecule has 1 N–H and O–H groups in total. The van der Waals surface area contributed by atoms with Crippen LogP contribution in [0.2, 0.25) is 0 Å². The van der Waals surface area contributed by atoms with Gasteiger partial charge < -0.3 is 10.1 Å². The van der Waals surface area contributed by atoms with Crippen LogP contribution in [0.25, 0.3) is 0 Å². The molecule has 20 heavy (non-hydrogen) atoms. The van der Waals surface area contributed by atoms with Crippen molar-refractivity contribution in [2.24, 2.45) is 0 Å². The lowest BCUT2D eigenvalue weighted by atomic mass is 10.0.